The molecule has 2 unspecified atom stereocenters. The molecule has 0 saturated carbocycles. The van der Waals surface area contributed by atoms with Gasteiger partial charge in [0.05, 0.1) is 20.3 Å². The number of aryl methyl sites for hydroxylation is 1. The van der Waals surface area contributed by atoms with Crippen molar-refractivity contribution in [2.45, 2.75) is 32.4 Å². The van der Waals surface area contributed by atoms with Gasteiger partial charge >= 0.3 is 0 Å². The van der Waals surface area contributed by atoms with Gasteiger partial charge in [-0.1, -0.05) is 49.4 Å². The van der Waals surface area contributed by atoms with Crippen LogP contribution in [0.5, 0.6) is 17.2 Å². The summed E-state index contributed by atoms with van der Waals surface area (Å²) in [6.45, 7) is 5.46. The molecule has 0 aromatic heterocycles. The van der Waals surface area contributed by atoms with Gasteiger partial charge in [-0.25, -0.2) is 0 Å². The fraction of sp³-hybridized carbons (Fsp3) is 0.276. The van der Waals surface area contributed by atoms with Crippen molar-refractivity contribution in [3.8, 4) is 17.2 Å². The molecule has 174 valence electrons. The first-order valence-corrected chi connectivity index (χ1v) is 11.6. The number of nitrogens with one attached hydrogen (secondary N) is 1. The molecular weight excluding hydrogens is 426 g/mol. The molecule has 34 heavy (non-hydrogen) atoms. The molecule has 5 heteroatoms. The van der Waals surface area contributed by atoms with Gasteiger partial charge in [-0.2, -0.15) is 0 Å². The Morgan fingerprint density at radius 1 is 1.03 bits per heavy atom. The van der Waals surface area contributed by atoms with Gasteiger partial charge in [-0.15, -0.1) is 0 Å². The number of hydrogen-bond acceptors (Lipinski definition) is 5. The van der Waals surface area contributed by atoms with Crippen molar-refractivity contribution >= 4 is 16.8 Å². The highest BCUT2D eigenvalue weighted by Gasteiger charge is 2.31. The van der Waals surface area contributed by atoms with Crippen LogP contribution in [0.25, 0.3) is 16.8 Å². The average molecular weight is 456 g/mol. The topological polar surface area (TPSA) is 56.8 Å². The van der Waals surface area contributed by atoms with Crippen molar-refractivity contribution in [3.05, 3.63) is 92.6 Å². The van der Waals surface area contributed by atoms with E-state index in [0.29, 0.717) is 18.1 Å². The molecule has 5 nitrogen and oxygen atoms in total. The van der Waals surface area contributed by atoms with Crippen LogP contribution in [0.15, 0.2) is 59.4 Å². The van der Waals surface area contributed by atoms with Crippen molar-refractivity contribution in [1.29, 1.82) is 0 Å². The molecule has 1 aliphatic rings. The maximum Gasteiger partial charge on any atom is 0.204 e. The zero-order chi connectivity index (χ0) is 23.8. The van der Waals surface area contributed by atoms with E-state index >= 15 is 0 Å². The van der Waals surface area contributed by atoms with Crippen LogP contribution in [-0.2, 0) is 6.61 Å². The van der Waals surface area contributed by atoms with E-state index in [4.69, 9.17) is 14.2 Å². The van der Waals surface area contributed by atoms with Gasteiger partial charge in [-0.3, -0.25) is 4.79 Å². The first kappa shape index (κ1) is 22.2. The Balaban J connectivity index is 1.51. The summed E-state index contributed by atoms with van der Waals surface area (Å²) >= 11 is 0. The summed E-state index contributed by atoms with van der Waals surface area (Å²) in [5.74, 6) is 2.24. The Hall–Kier alpha value is -3.57. The third-order valence-corrected chi connectivity index (χ3v) is 6.70. The van der Waals surface area contributed by atoms with Crippen molar-refractivity contribution in [1.82, 2.24) is 5.32 Å². The Morgan fingerprint density at radius 3 is 2.53 bits per heavy atom. The molecule has 0 radical (unpaired) electrons. The number of ether oxygens (including phenoxy) is 3. The van der Waals surface area contributed by atoms with Gasteiger partial charge < -0.3 is 19.5 Å². The molecule has 1 heterocycles. The minimum atomic E-state index is -0.0174. The summed E-state index contributed by atoms with van der Waals surface area (Å²) in [5, 5.41) is 5.31. The predicted octanol–water partition coefficient (Wildman–Crippen LogP) is 5.44. The smallest absolute Gasteiger partial charge is 0.204 e. The maximum absolute atomic E-state index is 11.8. The SMILES string of the molecule is COc1cc2c(c(OC)c1OCc1ccccc1)C(C)CNC2/C=C/c1cc2c(=O)c2cc1C. The standard InChI is InChI=1S/C29H29NO4/c1-17-12-21-22(27(21)31)13-20(17)10-11-24-23-14-25(32-3)28(34-16-19-8-6-5-7-9-19)29(33-4)26(23)18(2)15-30-24/h5-14,18,24,30H,15-16H2,1-4H3/b11-10+. The predicted molar refractivity (Wildman–Crippen MR) is 136 cm³/mol. The van der Waals surface area contributed by atoms with Crippen LogP contribution in [0.1, 0.15) is 46.7 Å². The van der Waals surface area contributed by atoms with E-state index < -0.39 is 0 Å². The number of hydrogen-bond donors (Lipinski definition) is 1. The normalized spacial score (nSPS) is 17.9. The third-order valence-electron chi connectivity index (χ3n) is 6.70. The molecular formula is C29H29NO4. The highest BCUT2D eigenvalue weighted by atomic mass is 16.5. The van der Waals surface area contributed by atoms with E-state index in [-0.39, 0.29) is 17.4 Å². The summed E-state index contributed by atoms with van der Waals surface area (Å²) in [6, 6.07) is 16.1. The van der Waals surface area contributed by atoms with Crippen LogP contribution in [0.2, 0.25) is 0 Å². The maximum atomic E-state index is 11.8. The minimum Gasteiger partial charge on any atom is -0.493 e. The van der Waals surface area contributed by atoms with Crippen LogP contribution in [0.4, 0.5) is 0 Å². The molecule has 4 aromatic rings. The van der Waals surface area contributed by atoms with Gasteiger partial charge in [0.25, 0.3) is 0 Å². The zero-order valence-electron chi connectivity index (χ0n) is 20.0. The van der Waals surface area contributed by atoms with Gasteiger partial charge in [-0.05, 0) is 53.3 Å². The van der Waals surface area contributed by atoms with Crippen LogP contribution in [0, 0.1) is 6.92 Å². The number of rotatable bonds is 7. The summed E-state index contributed by atoms with van der Waals surface area (Å²) in [6.07, 6.45) is 4.24. The average Bonchev–Trinajstić information content (AvgIpc) is 3.49. The molecule has 1 N–H and O–H groups in total. The lowest BCUT2D eigenvalue weighted by atomic mass is 9.85. The van der Waals surface area contributed by atoms with Crippen LogP contribution in [0.3, 0.4) is 0 Å². The van der Waals surface area contributed by atoms with Crippen molar-refractivity contribution < 1.29 is 14.2 Å². The molecule has 0 amide bonds. The van der Waals surface area contributed by atoms with Crippen molar-refractivity contribution in [3.63, 3.8) is 0 Å². The Labute approximate surface area is 199 Å². The fourth-order valence-corrected chi connectivity index (χ4v) is 4.76. The molecule has 1 aliphatic heterocycles. The highest BCUT2D eigenvalue weighted by molar-refractivity contribution is 5.99. The number of methoxy groups -OCH3 is 2. The second-order valence-corrected chi connectivity index (χ2v) is 8.95. The van der Waals surface area contributed by atoms with E-state index in [0.717, 1.165) is 50.9 Å². The van der Waals surface area contributed by atoms with Crippen LogP contribution >= 0.6 is 0 Å². The van der Waals surface area contributed by atoms with E-state index in [1.54, 1.807) is 14.2 Å². The molecule has 0 saturated heterocycles. The van der Waals surface area contributed by atoms with Gasteiger partial charge in [0, 0.05) is 22.9 Å². The largest absolute Gasteiger partial charge is 0.493 e. The molecule has 5 rings (SSSR count). The van der Waals surface area contributed by atoms with Crippen LogP contribution in [-0.4, -0.2) is 20.8 Å². The first-order valence-electron chi connectivity index (χ1n) is 11.6. The lowest BCUT2D eigenvalue weighted by Crippen LogP contribution is -2.31. The number of fused-ring (bicyclic) bond motifs is 2. The van der Waals surface area contributed by atoms with Crippen LogP contribution < -0.4 is 25.0 Å². The first-order chi connectivity index (χ1) is 16.5. The quantitative estimate of drug-likeness (QED) is 0.402. The fourth-order valence-electron chi connectivity index (χ4n) is 4.76. The van der Waals surface area contributed by atoms with E-state index in [9.17, 15) is 4.79 Å². The van der Waals surface area contributed by atoms with Gasteiger partial charge in [0.2, 0.25) is 5.75 Å². The molecule has 0 spiro atoms. The Bertz CT molecular complexity index is 1380. The second kappa shape index (κ2) is 8.99. The molecule has 4 aromatic carbocycles. The molecule has 0 aliphatic carbocycles. The molecule has 0 fully saturated rings. The Kier molecular flexibility index (Phi) is 5.88. The summed E-state index contributed by atoms with van der Waals surface area (Å²) < 4.78 is 17.9. The lowest BCUT2D eigenvalue weighted by molar-refractivity contribution is 0.262. The van der Waals surface area contributed by atoms with Gasteiger partial charge in [0.15, 0.2) is 16.9 Å². The van der Waals surface area contributed by atoms with Crippen molar-refractivity contribution in [2.75, 3.05) is 20.8 Å². The summed E-state index contributed by atoms with van der Waals surface area (Å²) in [4.78, 5) is 11.8. The summed E-state index contributed by atoms with van der Waals surface area (Å²) in [5.41, 5.74) is 5.65. The molecule has 0 bridgehead atoms. The second-order valence-electron chi connectivity index (χ2n) is 8.95. The van der Waals surface area contributed by atoms with E-state index in [1.165, 1.54) is 0 Å². The molecule has 2 atom stereocenters. The van der Waals surface area contributed by atoms with E-state index in [1.807, 2.05) is 49.4 Å². The zero-order valence-corrected chi connectivity index (χ0v) is 20.0. The van der Waals surface area contributed by atoms with Crippen molar-refractivity contribution in [2.24, 2.45) is 0 Å². The third kappa shape index (κ3) is 3.97. The Morgan fingerprint density at radius 2 is 1.79 bits per heavy atom. The van der Waals surface area contributed by atoms with Gasteiger partial charge in [0.1, 0.15) is 6.61 Å². The minimum absolute atomic E-state index is 0.0174. The van der Waals surface area contributed by atoms with E-state index in [2.05, 4.69) is 30.5 Å². The summed E-state index contributed by atoms with van der Waals surface area (Å²) in [7, 11) is 3.34. The monoisotopic (exact) mass is 455 g/mol. The number of benzene rings is 3. The highest BCUT2D eigenvalue weighted by Crippen LogP contribution is 2.48. The lowest BCUT2D eigenvalue weighted by Gasteiger charge is -2.32.